The van der Waals surface area contributed by atoms with Crippen LogP contribution in [0.1, 0.15) is 58.7 Å². The zero-order valence-corrected chi connectivity index (χ0v) is 33.0. The Morgan fingerprint density at radius 1 is 0.610 bits per heavy atom. The van der Waals surface area contributed by atoms with Gasteiger partial charge < -0.3 is 24.5 Å². The van der Waals surface area contributed by atoms with E-state index in [1.807, 2.05) is 48.8 Å². The van der Waals surface area contributed by atoms with Crippen molar-refractivity contribution in [2.75, 3.05) is 19.0 Å². The molecule has 6 aromatic carbocycles. The van der Waals surface area contributed by atoms with Crippen LogP contribution in [0.5, 0.6) is 5.75 Å². The lowest BCUT2D eigenvalue weighted by atomic mass is 9.77. The third-order valence-electron chi connectivity index (χ3n) is 12.0. The lowest BCUT2D eigenvalue weighted by molar-refractivity contribution is -0.0552. The number of imidazole rings is 1. The van der Waals surface area contributed by atoms with Crippen molar-refractivity contribution in [1.82, 2.24) is 19.5 Å². The first-order valence-corrected chi connectivity index (χ1v) is 20.3. The van der Waals surface area contributed by atoms with Crippen LogP contribution in [0.4, 0.5) is 5.82 Å². The smallest absolute Gasteiger partial charge is 0.165 e. The number of nitrogens with one attached hydrogen (secondary N) is 1. The number of hydrogen-bond acceptors (Lipinski definition) is 7. The maximum absolute atomic E-state index is 11.9. The predicted molar refractivity (Wildman–Crippen MR) is 232 cm³/mol. The highest BCUT2D eigenvalue weighted by Gasteiger charge is 2.41. The molecule has 0 bridgehead atoms. The predicted octanol–water partition coefficient (Wildman–Crippen LogP) is 9.95. The number of aliphatic hydroxyl groups excluding tert-OH is 1. The van der Waals surface area contributed by atoms with Crippen LogP contribution in [0.15, 0.2) is 189 Å². The van der Waals surface area contributed by atoms with E-state index in [0.717, 1.165) is 57.6 Å². The van der Waals surface area contributed by atoms with Crippen LogP contribution in [-0.2, 0) is 15.9 Å². The van der Waals surface area contributed by atoms with Crippen LogP contribution in [0.2, 0.25) is 0 Å². The molecule has 0 aliphatic heterocycles. The second kappa shape index (κ2) is 16.7. The van der Waals surface area contributed by atoms with Crippen molar-refractivity contribution < 1.29 is 14.6 Å². The molecule has 0 radical (unpaired) electrons. The molecule has 1 aliphatic carbocycles. The van der Waals surface area contributed by atoms with Crippen LogP contribution in [-0.4, -0.2) is 44.4 Å². The maximum Gasteiger partial charge on any atom is 0.165 e. The molecule has 294 valence electrons. The van der Waals surface area contributed by atoms with Gasteiger partial charge in [-0.05, 0) is 64.8 Å². The first-order valence-electron chi connectivity index (χ1n) is 20.3. The maximum atomic E-state index is 11.9. The number of fused-ring (bicyclic) bond motifs is 1. The van der Waals surface area contributed by atoms with E-state index in [1.54, 1.807) is 13.4 Å². The van der Waals surface area contributed by atoms with Crippen LogP contribution in [0.3, 0.4) is 0 Å². The SMILES string of the molecule is COc1ccc(C(Nc2ncnc3c2ncn3[C@@H]2CC[C@H](COC(c3ccccc3)(c3ccccc3)c3ccccc3)[C@@H](O)C2)(c2ccccc2)c2ccccc2)cc1. The van der Waals surface area contributed by atoms with Crippen LogP contribution in [0.25, 0.3) is 11.2 Å². The van der Waals surface area contributed by atoms with Crippen molar-refractivity contribution >= 4 is 17.0 Å². The van der Waals surface area contributed by atoms with Gasteiger partial charge in [-0.2, -0.15) is 0 Å². The van der Waals surface area contributed by atoms with Gasteiger partial charge >= 0.3 is 0 Å². The van der Waals surface area contributed by atoms with Gasteiger partial charge in [0.2, 0.25) is 0 Å². The number of nitrogens with zero attached hydrogens (tertiary/aromatic N) is 4. The highest BCUT2D eigenvalue weighted by molar-refractivity contribution is 5.84. The van der Waals surface area contributed by atoms with Gasteiger partial charge in [-0.1, -0.05) is 164 Å². The van der Waals surface area contributed by atoms with Crippen LogP contribution in [0, 0.1) is 5.92 Å². The van der Waals surface area contributed by atoms with Crippen molar-refractivity contribution in [3.63, 3.8) is 0 Å². The highest BCUT2D eigenvalue weighted by atomic mass is 16.5. The normalized spacial score (nSPS) is 17.1. The lowest BCUT2D eigenvalue weighted by Gasteiger charge is -2.39. The molecule has 0 amide bonds. The number of aromatic nitrogens is 4. The number of rotatable bonds is 13. The van der Waals surface area contributed by atoms with Gasteiger partial charge in [0.25, 0.3) is 0 Å². The molecule has 8 aromatic rings. The largest absolute Gasteiger partial charge is 0.497 e. The molecule has 1 fully saturated rings. The fraction of sp³-hybridized carbons (Fsp3) is 0.196. The molecule has 0 saturated heterocycles. The number of aliphatic hydroxyl groups is 1. The Morgan fingerprint density at radius 3 is 1.59 bits per heavy atom. The van der Waals surface area contributed by atoms with Gasteiger partial charge in [0.1, 0.15) is 28.7 Å². The van der Waals surface area contributed by atoms with Crippen molar-refractivity contribution in [2.45, 2.75) is 42.5 Å². The minimum atomic E-state index is -0.845. The molecule has 0 spiro atoms. The molecule has 2 N–H and O–H groups in total. The zero-order chi connectivity index (χ0) is 40.1. The van der Waals surface area contributed by atoms with E-state index in [-0.39, 0.29) is 12.0 Å². The van der Waals surface area contributed by atoms with Gasteiger partial charge in [0, 0.05) is 12.0 Å². The van der Waals surface area contributed by atoms with E-state index in [0.29, 0.717) is 24.4 Å². The fourth-order valence-corrected chi connectivity index (χ4v) is 8.96. The van der Waals surface area contributed by atoms with Gasteiger partial charge in [-0.25, -0.2) is 15.0 Å². The summed E-state index contributed by atoms with van der Waals surface area (Å²) in [5.41, 5.74) is 5.95. The number of ether oxygens (including phenoxy) is 2. The molecule has 2 aromatic heterocycles. The lowest BCUT2D eigenvalue weighted by Crippen LogP contribution is -2.39. The molecule has 1 saturated carbocycles. The average molecular weight is 778 g/mol. The first-order chi connectivity index (χ1) is 29.1. The van der Waals surface area contributed by atoms with Crippen molar-refractivity contribution in [1.29, 1.82) is 0 Å². The Labute approximate surface area is 345 Å². The average Bonchev–Trinajstić information content (AvgIpc) is 3.76. The van der Waals surface area contributed by atoms with Crippen molar-refractivity contribution in [3.8, 4) is 5.75 Å². The number of methoxy groups -OCH3 is 1. The monoisotopic (exact) mass is 777 g/mol. The topological polar surface area (TPSA) is 94.3 Å². The Morgan fingerprint density at radius 2 is 1.10 bits per heavy atom. The first kappa shape index (κ1) is 37.9. The molecular formula is C51H47N5O3. The van der Waals surface area contributed by atoms with E-state index >= 15 is 0 Å². The molecule has 8 heteroatoms. The quantitative estimate of drug-likeness (QED) is 0.113. The zero-order valence-electron chi connectivity index (χ0n) is 33.0. The molecular weight excluding hydrogens is 731 g/mol. The minimum Gasteiger partial charge on any atom is -0.497 e. The standard InChI is InChI=1S/C51H47N5O3/c1-58-45-31-28-40(29-32-45)50(38-17-7-2-8-18-38,39-19-9-3-10-20-39)55-48-47-49(53-35-52-48)56(36-54-47)44-30-27-37(46(57)33-44)34-59-51(41-21-11-4-12-22-41,42-23-13-5-14-24-42)43-25-15-6-16-26-43/h2-26,28-29,31-32,35-37,44,46,57H,27,30,33-34H2,1H3,(H,52,53,55)/t37-,44-,46+/m1/s1. The second-order valence-corrected chi connectivity index (χ2v) is 15.3. The van der Waals surface area contributed by atoms with Crippen molar-refractivity contribution in [3.05, 3.63) is 222 Å². The summed E-state index contributed by atoms with van der Waals surface area (Å²) in [4.78, 5) is 14.6. The molecule has 1 aliphatic rings. The van der Waals surface area contributed by atoms with E-state index in [9.17, 15) is 5.11 Å². The molecule has 59 heavy (non-hydrogen) atoms. The van der Waals surface area contributed by atoms with Gasteiger partial charge in [0.05, 0.1) is 26.1 Å². The van der Waals surface area contributed by atoms with Gasteiger partial charge in [-0.3, -0.25) is 0 Å². The van der Waals surface area contributed by atoms with E-state index in [2.05, 4.69) is 143 Å². The summed E-state index contributed by atoms with van der Waals surface area (Å²) in [5.74, 6) is 1.32. The molecule has 0 unspecified atom stereocenters. The summed E-state index contributed by atoms with van der Waals surface area (Å²) in [6.45, 7) is 0.389. The second-order valence-electron chi connectivity index (χ2n) is 15.3. The third kappa shape index (κ3) is 7.15. The Hall–Kier alpha value is -6.61. The fourth-order valence-electron chi connectivity index (χ4n) is 8.96. The summed E-state index contributed by atoms with van der Waals surface area (Å²) < 4.78 is 14.8. The van der Waals surface area contributed by atoms with Crippen LogP contribution >= 0.6 is 0 Å². The molecule has 3 atom stereocenters. The Balaban J connectivity index is 1.01. The molecule has 9 rings (SSSR count). The summed E-state index contributed by atoms with van der Waals surface area (Å²) in [5, 5.41) is 15.8. The summed E-state index contributed by atoms with van der Waals surface area (Å²) in [6, 6.07) is 60.2. The van der Waals surface area contributed by atoms with E-state index < -0.39 is 17.2 Å². The summed E-state index contributed by atoms with van der Waals surface area (Å²) >= 11 is 0. The molecule has 8 nitrogen and oxygen atoms in total. The Kier molecular flexibility index (Phi) is 10.7. The number of benzene rings is 6. The van der Waals surface area contributed by atoms with Gasteiger partial charge in [-0.15, -0.1) is 0 Å². The van der Waals surface area contributed by atoms with Crippen molar-refractivity contribution in [2.24, 2.45) is 5.92 Å². The minimum absolute atomic E-state index is 0.00859. The van der Waals surface area contributed by atoms with E-state index in [1.165, 1.54) is 0 Å². The summed E-state index contributed by atoms with van der Waals surface area (Å²) in [7, 11) is 1.68. The van der Waals surface area contributed by atoms with Gasteiger partial charge in [0.15, 0.2) is 11.5 Å². The highest BCUT2D eigenvalue weighted by Crippen LogP contribution is 2.44. The van der Waals surface area contributed by atoms with E-state index in [4.69, 9.17) is 24.4 Å². The number of hydrogen-bond donors (Lipinski definition) is 2. The third-order valence-corrected chi connectivity index (χ3v) is 12.0. The molecule has 2 heterocycles. The Bertz CT molecular complexity index is 2430. The summed E-state index contributed by atoms with van der Waals surface area (Å²) in [6.07, 6.45) is 5.02. The van der Waals surface area contributed by atoms with Crippen LogP contribution < -0.4 is 10.1 Å². The number of anilines is 1.